The lowest BCUT2D eigenvalue weighted by Gasteiger charge is -2.18. The summed E-state index contributed by atoms with van der Waals surface area (Å²) in [6.07, 6.45) is -5.00. The molecule has 0 bridgehead atoms. The number of alkyl halides is 5. The molecular formula is C18H18F6N4O3. The van der Waals surface area contributed by atoms with E-state index in [0.29, 0.717) is 18.7 Å². The Morgan fingerprint density at radius 1 is 1.29 bits per heavy atom. The Labute approximate surface area is 172 Å². The molecule has 31 heavy (non-hydrogen) atoms. The first-order valence-electron chi connectivity index (χ1n) is 8.75. The number of halogens is 6. The van der Waals surface area contributed by atoms with E-state index in [-0.39, 0.29) is 11.5 Å². The van der Waals surface area contributed by atoms with Gasteiger partial charge in [0.15, 0.2) is 11.6 Å². The van der Waals surface area contributed by atoms with E-state index in [9.17, 15) is 31.1 Å². The first kappa shape index (κ1) is 24.2. The number of anilines is 1. The molecule has 0 aliphatic heterocycles. The van der Waals surface area contributed by atoms with E-state index >= 15 is 0 Å². The van der Waals surface area contributed by atoms with Crippen LogP contribution in [0.1, 0.15) is 34.6 Å². The van der Waals surface area contributed by atoms with Crippen LogP contribution in [0.15, 0.2) is 27.6 Å². The number of aromatic nitrogens is 1. The molecule has 0 unspecified atom stereocenters. The fraction of sp³-hybridized carbons (Fsp3) is 0.389. The van der Waals surface area contributed by atoms with Crippen molar-refractivity contribution < 1.29 is 40.3 Å². The van der Waals surface area contributed by atoms with Crippen LogP contribution in [0.2, 0.25) is 0 Å². The zero-order chi connectivity index (χ0) is 23.4. The van der Waals surface area contributed by atoms with Crippen LogP contribution in [-0.4, -0.2) is 36.5 Å². The minimum atomic E-state index is -5.00. The Kier molecular flexibility index (Phi) is 7.31. The van der Waals surface area contributed by atoms with Crippen LogP contribution in [0.25, 0.3) is 0 Å². The summed E-state index contributed by atoms with van der Waals surface area (Å²) in [4.78, 5) is 19.3. The lowest BCUT2D eigenvalue weighted by atomic mass is 10.1. The Bertz CT molecular complexity index is 972. The molecule has 0 fully saturated rings. The first-order valence-corrected chi connectivity index (χ1v) is 8.75. The quantitative estimate of drug-likeness (QED) is 0.360. The third-order valence-electron chi connectivity index (χ3n) is 3.72. The smallest absolute Gasteiger partial charge is 0.436 e. The normalized spacial score (nSPS) is 12.8. The van der Waals surface area contributed by atoms with Gasteiger partial charge in [0.2, 0.25) is 5.76 Å². The molecule has 0 radical (unpaired) electrons. The summed E-state index contributed by atoms with van der Waals surface area (Å²) < 4.78 is 90.8. The number of nitrogens with zero attached hydrogens (tertiary/aromatic N) is 2. The molecule has 0 aliphatic carbocycles. The van der Waals surface area contributed by atoms with Gasteiger partial charge in [0.25, 0.3) is 11.8 Å². The lowest BCUT2D eigenvalue weighted by Crippen LogP contribution is -2.27. The van der Waals surface area contributed by atoms with Crippen LogP contribution >= 0.6 is 0 Å². The van der Waals surface area contributed by atoms with Crippen molar-refractivity contribution >= 4 is 17.4 Å². The van der Waals surface area contributed by atoms with Crippen LogP contribution in [0, 0.1) is 12.7 Å². The SMILES string of the molecule is CCN=C(N)COCC(F)(F)c1cc(NC(=O)c2nc(C)oc2C(F)(F)F)ccc1F. The average Bonchev–Trinajstić information content (AvgIpc) is 3.05. The van der Waals surface area contributed by atoms with Gasteiger partial charge < -0.3 is 20.2 Å². The molecule has 0 saturated heterocycles. The van der Waals surface area contributed by atoms with Crippen LogP contribution in [0.3, 0.4) is 0 Å². The van der Waals surface area contributed by atoms with Crippen molar-refractivity contribution in [3.8, 4) is 0 Å². The van der Waals surface area contributed by atoms with Gasteiger partial charge in [0, 0.05) is 19.2 Å². The molecule has 1 amide bonds. The highest BCUT2D eigenvalue weighted by Gasteiger charge is 2.41. The first-order chi connectivity index (χ1) is 14.3. The summed E-state index contributed by atoms with van der Waals surface area (Å²) >= 11 is 0. The third kappa shape index (κ3) is 6.20. The zero-order valence-corrected chi connectivity index (χ0v) is 16.3. The molecule has 0 aliphatic rings. The molecule has 7 nitrogen and oxygen atoms in total. The molecule has 0 saturated carbocycles. The summed E-state index contributed by atoms with van der Waals surface area (Å²) in [7, 11) is 0. The molecule has 0 spiro atoms. The maximum Gasteiger partial charge on any atom is 0.452 e. The Morgan fingerprint density at radius 3 is 2.58 bits per heavy atom. The molecule has 1 heterocycles. The van der Waals surface area contributed by atoms with Gasteiger partial charge in [-0.25, -0.2) is 9.37 Å². The number of aryl methyl sites for hydroxylation is 1. The molecule has 0 atom stereocenters. The predicted octanol–water partition coefficient (Wildman–Crippen LogP) is 3.88. The Balaban J connectivity index is 2.21. The van der Waals surface area contributed by atoms with Crippen molar-refractivity contribution in [3.05, 3.63) is 46.9 Å². The zero-order valence-electron chi connectivity index (χ0n) is 16.3. The minimum absolute atomic E-state index is 0.0249. The molecule has 2 aromatic rings. The van der Waals surface area contributed by atoms with E-state index in [2.05, 4.69) is 14.4 Å². The molecule has 1 aromatic carbocycles. The maximum atomic E-state index is 14.4. The Morgan fingerprint density at radius 2 is 1.97 bits per heavy atom. The van der Waals surface area contributed by atoms with Crippen molar-refractivity contribution in [2.75, 3.05) is 25.1 Å². The monoisotopic (exact) mass is 452 g/mol. The van der Waals surface area contributed by atoms with Crippen molar-refractivity contribution in [2.45, 2.75) is 25.9 Å². The highest BCUT2D eigenvalue weighted by atomic mass is 19.4. The highest BCUT2D eigenvalue weighted by molar-refractivity contribution is 6.03. The Hall–Kier alpha value is -3.09. The number of carbonyl (C=O) groups is 1. The number of oxazole rings is 1. The predicted molar refractivity (Wildman–Crippen MR) is 97.5 cm³/mol. The second-order valence-electron chi connectivity index (χ2n) is 6.22. The maximum absolute atomic E-state index is 14.4. The molecular weight excluding hydrogens is 434 g/mol. The van der Waals surface area contributed by atoms with Gasteiger partial charge >= 0.3 is 6.18 Å². The van der Waals surface area contributed by atoms with Crippen molar-refractivity contribution in [2.24, 2.45) is 10.7 Å². The number of hydrogen-bond acceptors (Lipinski definition) is 5. The van der Waals surface area contributed by atoms with Crippen LogP contribution in [0.4, 0.5) is 32.0 Å². The number of carbonyl (C=O) groups excluding carboxylic acids is 1. The summed E-state index contributed by atoms with van der Waals surface area (Å²) in [5.41, 5.74) is 2.82. The summed E-state index contributed by atoms with van der Waals surface area (Å²) in [5, 5.41) is 1.97. The summed E-state index contributed by atoms with van der Waals surface area (Å²) in [5.74, 6) is -8.61. The number of aliphatic imine (C=N–C) groups is 1. The molecule has 13 heteroatoms. The number of amidine groups is 1. The summed E-state index contributed by atoms with van der Waals surface area (Å²) in [6, 6.07) is 2.12. The fourth-order valence-corrected chi connectivity index (χ4v) is 2.46. The third-order valence-corrected chi connectivity index (χ3v) is 3.72. The van der Waals surface area contributed by atoms with E-state index in [4.69, 9.17) is 10.5 Å². The largest absolute Gasteiger partial charge is 0.452 e. The van der Waals surface area contributed by atoms with E-state index < -0.39 is 59.9 Å². The van der Waals surface area contributed by atoms with Crippen molar-refractivity contribution in [1.29, 1.82) is 0 Å². The number of hydrogen-bond donors (Lipinski definition) is 2. The van der Waals surface area contributed by atoms with E-state index in [1.807, 2.05) is 5.32 Å². The van der Waals surface area contributed by atoms with E-state index in [0.717, 1.165) is 13.0 Å². The molecule has 170 valence electrons. The van der Waals surface area contributed by atoms with Gasteiger partial charge in [-0.2, -0.15) is 22.0 Å². The van der Waals surface area contributed by atoms with E-state index in [1.54, 1.807) is 6.92 Å². The second kappa shape index (κ2) is 9.37. The number of amides is 1. The van der Waals surface area contributed by atoms with Gasteiger partial charge in [-0.15, -0.1) is 0 Å². The fourth-order valence-electron chi connectivity index (χ4n) is 2.46. The van der Waals surface area contributed by atoms with Crippen molar-refractivity contribution in [3.63, 3.8) is 0 Å². The van der Waals surface area contributed by atoms with Crippen LogP contribution < -0.4 is 11.1 Å². The topological polar surface area (TPSA) is 103 Å². The van der Waals surface area contributed by atoms with Gasteiger partial charge in [-0.05, 0) is 25.1 Å². The van der Waals surface area contributed by atoms with Gasteiger partial charge in [-0.3, -0.25) is 9.79 Å². The minimum Gasteiger partial charge on any atom is -0.436 e. The number of nitrogens with two attached hydrogens (primary N) is 1. The molecule has 3 N–H and O–H groups in total. The second-order valence-corrected chi connectivity index (χ2v) is 6.22. The lowest BCUT2D eigenvalue weighted by molar-refractivity contribution is -0.153. The summed E-state index contributed by atoms with van der Waals surface area (Å²) in [6.45, 7) is 1.44. The van der Waals surface area contributed by atoms with Gasteiger partial charge in [0.1, 0.15) is 24.9 Å². The number of nitrogens with one attached hydrogen (secondary N) is 1. The standard InChI is InChI=1S/C18H18F6N4O3/c1-3-26-13(25)7-30-8-17(20,21)11-6-10(4-5-12(11)19)28-16(29)14-15(18(22,23)24)31-9(2)27-14/h4-6H,3,7-8H2,1-2H3,(H2,25,26)(H,28,29). The number of benzene rings is 1. The number of rotatable bonds is 8. The van der Waals surface area contributed by atoms with Crippen LogP contribution in [-0.2, 0) is 16.8 Å². The highest BCUT2D eigenvalue weighted by Crippen LogP contribution is 2.34. The van der Waals surface area contributed by atoms with E-state index in [1.165, 1.54) is 0 Å². The number of ether oxygens (including phenoxy) is 1. The molecule has 2 rings (SSSR count). The van der Waals surface area contributed by atoms with Crippen molar-refractivity contribution in [1.82, 2.24) is 4.98 Å². The average molecular weight is 452 g/mol. The van der Waals surface area contributed by atoms with Gasteiger partial charge in [0.05, 0.1) is 5.56 Å². The van der Waals surface area contributed by atoms with Gasteiger partial charge in [-0.1, -0.05) is 0 Å². The molecule has 1 aromatic heterocycles. The van der Waals surface area contributed by atoms with Crippen LogP contribution in [0.5, 0.6) is 0 Å².